The van der Waals surface area contributed by atoms with E-state index in [-0.39, 0.29) is 11.3 Å². The van der Waals surface area contributed by atoms with Gasteiger partial charge >= 0.3 is 5.97 Å². The minimum atomic E-state index is -0.631. The molecule has 0 aliphatic heterocycles. The fraction of sp³-hybridized carbons (Fsp3) is 0.0714. The van der Waals surface area contributed by atoms with Gasteiger partial charge in [-0.2, -0.15) is 0 Å². The normalized spacial score (nSPS) is 9.83. The summed E-state index contributed by atoms with van der Waals surface area (Å²) in [6.07, 6.45) is 0. The first kappa shape index (κ1) is 12.0. The summed E-state index contributed by atoms with van der Waals surface area (Å²) in [6, 6.07) is 13.6. The van der Waals surface area contributed by atoms with Gasteiger partial charge in [-0.1, -0.05) is 29.8 Å². The number of phenolic OH excluding ortho intramolecular Hbond substituents is 1. The maximum atomic E-state index is 11.7. The molecule has 4 heteroatoms. The van der Waals surface area contributed by atoms with E-state index in [1.807, 2.05) is 19.1 Å². The van der Waals surface area contributed by atoms with Gasteiger partial charge in [0.15, 0.2) is 0 Å². The summed E-state index contributed by atoms with van der Waals surface area (Å²) in [5.41, 5.74) is 4.45. The number of rotatable bonds is 3. The molecule has 0 spiro atoms. The van der Waals surface area contributed by atoms with E-state index in [1.165, 1.54) is 12.1 Å². The molecule has 0 aromatic heterocycles. The summed E-state index contributed by atoms with van der Waals surface area (Å²) in [4.78, 5) is 16.5. The van der Waals surface area contributed by atoms with Crippen molar-refractivity contribution in [3.8, 4) is 5.75 Å². The van der Waals surface area contributed by atoms with Crippen LogP contribution >= 0.6 is 0 Å². The second kappa shape index (κ2) is 5.23. The first-order chi connectivity index (χ1) is 8.66. The number of aryl methyl sites for hydroxylation is 1. The van der Waals surface area contributed by atoms with Crippen LogP contribution in [0.25, 0.3) is 0 Å². The predicted octanol–water partition coefficient (Wildman–Crippen LogP) is 2.88. The average molecular weight is 243 g/mol. The molecule has 2 rings (SSSR count). The maximum absolute atomic E-state index is 11.7. The highest BCUT2D eigenvalue weighted by Crippen LogP contribution is 2.17. The molecule has 0 radical (unpaired) electrons. The monoisotopic (exact) mass is 243 g/mol. The lowest BCUT2D eigenvalue weighted by Crippen LogP contribution is -2.10. The first-order valence-electron chi connectivity index (χ1n) is 5.48. The molecule has 0 aliphatic carbocycles. The topological polar surface area (TPSA) is 58.6 Å². The minimum absolute atomic E-state index is 0.104. The molecule has 2 aromatic carbocycles. The third-order valence-corrected chi connectivity index (χ3v) is 2.44. The Labute approximate surface area is 105 Å². The maximum Gasteiger partial charge on any atom is 0.366 e. The summed E-state index contributed by atoms with van der Waals surface area (Å²) in [5, 5.41) is 9.49. The van der Waals surface area contributed by atoms with Crippen molar-refractivity contribution >= 4 is 11.7 Å². The zero-order valence-electron chi connectivity index (χ0n) is 9.88. The molecule has 92 valence electrons. The van der Waals surface area contributed by atoms with E-state index in [9.17, 15) is 9.90 Å². The van der Waals surface area contributed by atoms with Crippen LogP contribution in [0, 0.1) is 6.92 Å². The van der Waals surface area contributed by atoms with Crippen LogP contribution in [0.15, 0.2) is 48.5 Å². The number of carbonyl (C=O) groups excluding carboxylic acids is 1. The van der Waals surface area contributed by atoms with E-state index in [1.54, 1.807) is 24.3 Å². The number of nitrogens with one attached hydrogen (secondary N) is 1. The molecule has 0 bridgehead atoms. The zero-order chi connectivity index (χ0) is 13.0. The van der Waals surface area contributed by atoms with Gasteiger partial charge in [0.2, 0.25) is 0 Å². The second-order valence-corrected chi connectivity index (χ2v) is 3.87. The molecular weight excluding hydrogens is 230 g/mol. The van der Waals surface area contributed by atoms with Crippen molar-refractivity contribution in [3.05, 3.63) is 59.7 Å². The molecule has 0 fully saturated rings. The fourth-order valence-corrected chi connectivity index (χ4v) is 1.43. The summed E-state index contributed by atoms with van der Waals surface area (Å²) in [6.45, 7) is 1.97. The number of carbonyl (C=O) groups is 1. The van der Waals surface area contributed by atoms with Gasteiger partial charge in [0, 0.05) is 0 Å². The third kappa shape index (κ3) is 2.79. The van der Waals surface area contributed by atoms with Crippen molar-refractivity contribution in [1.29, 1.82) is 0 Å². The van der Waals surface area contributed by atoms with E-state index in [4.69, 9.17) is 4.84 Å². The van der Waals surface area contributed by atoms with Gasteiger partial charge < -0.3 is 9.94 Å². The Morgan fingerprint density at radius 1 is 1.11 bits per heavy atom. The molecule has 18 heavy (non-hydrogen) atoms. The van der Waals surface area contributed by atoms with Crippen molar-refractivity contribution < 1.29 is 14.7 Å². The van der Waals surface area contributed by atoms with E-state index in [2.05, 4.69) is 5.48 Å². The second-order valence-electron chi connectivity index (χ2n) is 3.87. The summed E-state index contributed by atoms with van der Waals surface area (Å²) in [7, 11) is 0. The third-order valence-electron chi connectivity index (χ3n) is 2.44. The molecule has 4 nitrogen and oxygen atoms in total. The lowest BCUT2D eigenvalue weighted by molar-refractivity contribution is 0.0593. The van der Waals surface area contributed by atoms with Crippen molar-refractivity contribution in [1.82, 2.24) is 0 Å². The predicted molar refractivity (Wildman–Crippen MR) is 68.3 cm³/mol. The van der Waals surface area contributed by atoms with Crippen LogP contribution in [0.5, 0.6) is 5.75 Å². The summed E-state index contributed by atoms with van der Waals surface area (Å²) < 4.78 is 0. The Bertz CT molecular complexity index is 549. The van der Waals surface area contributed by atoms with Crippen LogP contribution in [0.4, 0.5) is 5.69 Å². The lowest BCUT2D eigenvalue weighted by atomic mass is 10.2. The van der Waals surface area contributed by atoms with Gasteiger partial charge in [-0.05, 0) is 31.2 Å². The number of benzene rings is 2. The molecule has 0 unspecified atom stereocenters. The van der Waals surface area contributed by atoms with Crippen LogP contribution in [-0.4, -0.2) is 11.1 Å². The number of anilines is 1. The van der Waals surface area contributed by atoms with Gasteiger partial charge in [-0.3, -0.25) is 0 Å². The van der Waals surface area contributed by atoms with Crippen molar-refractivity contribution in [3.63, 3.8) is 0 Å². The van der Waals surface area contributed by atoms with Gasteiger partial charge in [0.25, 0.3) is 0 Å². The molecule has 2 N–H and O–H groups in total. The van der Waals surface area contributed by atoms with Gasteiger partial charge in [-0.15, -0.1) is 0 Å². The number of hydrogen-bond donors (Lipinski definition) is 2. The Morgan fingerprint density at radius 2 is 1.78 bits per heavy atom. The van der Waals surface area contributed by atoms with Crippen LogP contribution in [-0.2, 0) is 4.84 Å². The Morgan fingerprint density at radius 3 is 2.44 bits per heavy atom. The molecular formula is C14H13NO3. The van der Waals surface area contributed by atoms with Crippen LogP contribution < -0.4 is 5.48 Å². The summed E-state index contributed by atoms with van der Waals surface area (Å²) >= 11 is 0. The number of aromatic hydroxyl groups is 1. The van der Waals surface area contributed by atoms with E-state index >= 15 is 0 Å². The Balaban J connectivity index is 2.01. The molecule has 0 saturated heterocycles. The smallest absolute Gasteiger partial charge is 0.366 e. The molecule has 0 amide bonds. The zero-order valence-corrected chi connectivity index (χ0v) is 9.88. The Kier molecular flexibility index (Phi) is 3.48. The van der Waals surface area contributed by atoms with Crippen LogP contribution in [0.1, 0.15) is 15.9 Å². The minimum Gasteiger partial charge on any atom is -0.507 e. The van der Waals surface area contributed by atoms with E-state index in [0.717, 1.165) is 5.56 Å². The highest BCUT2D eigenvalue weighted by molar-refractivity contribution is 5.92. The van der Waals surface area contributed by atoms with E-state index < -0.39 is 5.97 Å². The van der Waals surface area contributed by atoms with Crippen molar-refractivity contribution in [2.24, 2.45) is 0 Å². The molecule has 0 saturated carbocycles. The molecule has 2 aromatic rings. The van der Waals surface area contributed by atoms with Gasteiger partial charge in [0.05, 0.1) is 5.69 Å². The highest BCUT2D eigenvalue weighted by atomic mass is 16.7. The number of para-hydroxylation sites is 1. The quantitative estimate of drug-likeness (QED) is 0.814. The summed E-state index contributed by atoms with van der Waals surface area (Å²) in [5.74, 6) is -0.734. The largest absolute Gasteiger partial charge is 0.507 e. The average Bonchev–Trinajstić information content (AvgIpc) is 2.38. The standard InChI is InChI=1S/C14H13NO3/c1-10-6-8-11(9-7-10)15-18-14(17)12-4-2-3-5-13(12)16/h2-9,15-16H,1H3. The SMILES string of the molecule is Cc1ccc(NOC(=O)c2ccccc2O)cc1. The van der Waals surface area contributed by atoms with Gasteiger partial charge in [-0.25, -0.2) is 10.3 Å². The number of hydrogen-bond acceptors (Lipinski definition) is 4. The first-order valence-corrected chi connectivity index (χ1v) is 5.48. The van der Waals surface area contributed by atoms with Crippen molar-refractivity contribution in [2.75, 3.05) is 5.48 Å². The molecule has 0 aliphatic rings. The number of phenols is 1. The van der Waals surface area contributed by atoms with Crippen LogP contribution in [0.3, 0.4) is 0 Å². The highest BCUT2D eigenvalue weighted by Gasteiger charge is 2.11. The molecule has 0 heterocycles. The van der Waals surface area contributed by atoms with Crippen molar-refractivity contribution in [2.45, 2.75) is 6.92 Å². The molecule has 0 atom stereocenters. The fourth-order valence-electron chi connectivity index (χ4n) is 1.43. The Hall–Kier alpha value is -2.49. The lowest BCUT2D eigenvalue weighted by Gasteiger charge is -2.07. The van der Waals surface area contributed by atoms with Crippen LogP contribution in [0.2, 0.25) is 0 Å². The van der Waals surface area contributed by atoms with Gasteiger partial charge in [0.1, 0.15) is 11.3 Å². The van der Waals surface area contributed by atoms with E-state index in [0.29, 0.717) is 5.69 Å².